The highest BCUT2D eigenvalue weighted by Crippen LogP contribution is 2.33. The van der Waals surface area contributed by atoms with Crippen LogP contribution < -0.4 is 15.4 Å². The molecule has 1 aliphatic heterocycles. The van der Waals surface area contributed by atoms with E-state index < -0.39 is 6.04 Å². The maximum atomic E-state index is 12.5. The number of rotatable bonds is 7. The van der Waals surface area contributed by atoms with Gasteiger partial charge in [-0.3, -0.25) is 9.59 Å². The zero-order valence-electron chi connectivity index (χ0n) is 17.3. The fourth-order valence-electron chi connectivity index (χ4n) is 3.48. The van der Waals surface area contributed by atoms with Crippen molar-refractivity contribution in [2.75, 3.05) is 12.8 Å². The maximum absolute atomic E-state index is 12.5. The van der Waals surface area contributed by atoms with Crippen LogP contribution in [0.5, 0.6) is 5.75 Å². The van der Waals surface area contributed by atoms with Crippen LogP contribution in [-0.4, -0.2) is 36.8 Å². The van der Waals surface area contributed by atoms with Crippen LogP contribution in [0, 0.1) is 5.92 Å². The first-order valence-corrected chi connectivity index (χ1v) is 11.1. The van der Waals surface area contributed by atoms with Gasteiger partial charge in [0.05, 0.1) is 6.54 Å². The second-order valence-corrected chi connectivity index (χ2v) is 8.54. The molecule has 1 heterocycles. The van der Waals surface area contributed by atoms with Crippen molar-refractivity contribution in [1.82, 2.24) is 10.6 Å². The molecule has 0 aliphatic carbocycles. The minimum atomic E-state index is -0.535. The molecule has 1 aliphatic rings. The summed E-state index contributed by atoms with van der Waals surface area (Å²) in [4.78, 5) is 25.0. The largest absolute Gasteiger partial charge is 0.488 e. The molecule has 154 valence electrons. The SMILES string of the molecule is CSc1ccc(-c2ccc3c(c2)CC(CNC(=O)C(NC(C)=O)C(C)C)O3)cc1. The van der Waals surface area contributed by atoms with E-state index in [0.717, 1.165) is 23.3 Å². The number of ether oxygens (including phenoxy) is 1. The zero-order chi connectivity index (χ0) is 21.0. The summed E-state index contributed by atoms with van der Waals surface area (Å²) >= 11 is 1.73. The molecule has 5 nitrogen and oxygen atoms in total. The minimum absolute atomic E-state index is 0.0145. The lowest BCUT2D eigenvalue weighted by molar-refractivity contribution is -0.129. The summed E-state index contributed by atoms with van der Waals surface area (Å²) in [6, 6.07) is 14.2. The van der Waals surface area contributed by atoms with Crippen molar-refractivity contribution in [1.29, 1.82) is 0 Å². The molecule has 6 heteroatoms. The Kier molecular flexibility index (Phi) is 6.85. The molecule has 0 aromatic heterocycles. The average Bonchev–Trinajstić information content (AvgIpc) is 3.12. The molecule has 0 spiro atoms. The number of carbonyl (C=O) groups is 2. The van der Waals surface area contributed by atoms with Crippen molar-refractivity contribution in [3.8, 4) is 16.9 Å². The van der Waals surface area contributed by atoms with Gasteiger partial charge in [-0.15, -0.1) is 11.8 Å². The number of thioether (sulfide) groups is 1. The molecule has 0 radical (unpaired) electrons. The highest BCUT2D eigenvalue weighted by atomic mass is 32.2. The van der Waals surface area contributed by atoms with Crippen LogP contribution in [0.4, 0.5) is 0 Å². The Balaban J connectivity index is 1.61. The summed E-state index contributed by atoms with van der Waals surface area (Å²) in [7, 11) is 0. The molecule has 2 aromatic rings. The van der Waals surface area contributed by atoms with Crippen LogP contribution in [0.2, 0.25) is 0 Å². The lowest BCUT2D eigenvalue weighted by Crippen LogP contribution is -2.50. The van der Waals surface area contributed by atoms with E-state index in [1.807, 2.05) is 19.9 Å². The maximum Gasteiger partial charge on any atom is 0.242 e. The predicted octanol–water partition coefficient (Wildman–Crippen LogP) is 3.66. The summed E-state index contributed by atoms with van der Waals surface area (Å²) in [6.07, 6.45) is 2.71. The molecule has 2 unspecified atom stereocenters. The Hall–Kier alpha value is -2.47. The van der Waals surface area contributed by atoms with Crippen molar-refractivity contribution in [2.24, 2.45) is 5.92 Å². The zero-order valence-corrected chi connectivity index (χ0v) is 18.1. The highest BCUT2D eigenvalue weighted by Gasteiger charge is 2.27. The van der Waals surface area contributed by atoms with E-state index in [-0.39, 0.29) is 23.8 Å². The Labute approximate surface area is 176 Å². The predicted molar refractivity (Wildman–Crippen MR) is 117 cm³/mol. The molecule has 2 N–H and O–H groups in total. The Bertz CT molecular complexity index is 880. The van der Waals surface area contributed by atoms with Crippen LogP contribution >= 0.6 is 11.8 Å². The third-order valence-corrected chi connectivity index (χ3v) is 5.78. The number of hydrogen-bond donors (Lipinski definition) is 2. The van der Waals surface area contributed by atoms with Crippen molar-refractivity contribution < 1.29 is 14.3 Å². The van der Waals surface area contributed by atoms with Gasteiger partial charge >= 0.3 is 0 Å². The first-order chi connectivity index (χ1) is 13.9. The summed E-state index contributed by atoms with van der Waals surface area (Å²) in [5.74, 6) is 0.502. The van der Waals surface area contributed by atoms with Gasteiger partial charge in [-0.25, -0.2) is 0 Å². The van der Waals surface area contributed by atoms with E-state index in [4.69, 9.17) is 4.74 Å². The Morgan fingerprint density at radius 3 is 2.45 bits per heavy atom. The third kappa shape index (κ3) is 5.32. The van der Waals surface area contributed by atoms with Gasteiger partial charge in [-0.05, 0) is 53.1 Å². The lowest BCUT2D eigenvalue weighted by atomic mass is 10.0. The van der Waals surface area contributed by atoms with Gasteiger partial charge in [0.15, 0.2) is 0 Å². The number of hydrogen-bond acceptors (Lipinski definition) is 4. The van der Waals surface area contributed by atoms with Gasteiger partial charge in [-0.1, -0.05) is 32.0 Å². The van der Waals surface area contributed by atoms with Gasteiger partial charge in [-0.2, -0.15) is 0 Å². The summed E-state index contributed by atoms with van der Waals surface area (Å²) in [5.41, 5.74) is 3.49. The smallest absolute Gasteiger partial charge is 0.242 e. The van der Waals surface area contributed by atoms with Gasteiger partial charge in [0.1, 0.15) is 17.9 Å². The van der Waals surface area contributed by atoms with E-state index in [0.29, 0.717) is 6.54 Å². The van der Waals surface area contributed by atoms with Crippen LogP contribution in [0.15, 0.2) is 47.4 Å². The van der Waals surface area contributed by atoms with Crippen molar-refractivity contribution >= 4 is 23.6 Å². The van der Waals surface area contributed by atoms with Crippen LogP contribution in [0.25, 0.3) is 11.1 Å². The normalized spacial score (nSPS) is 16.1. The number of nitrogens with one attached hydrogen (secondary N) is 2. The molecule has 0 saturated carbocycles. The number of amides is 2. The number of fused-ring (bicyclic) bond motifs is 1. The molecule has 2 aromatic carbocycles. The first kappa shape index (κ1) is 21.2. The lowest BCUT2D eigenvalue weighted by Gasteiger charge is -2.22. The van der Waals surface area contributed by atoms with Gasteiger partial charge in [0.2, 0.25) is 11.8 Å². The van der Waals surface area contributed by atoms with E-state index in [1.54, 1.807) is 11.8 Å². The topological polar surface area (TPSA) is 67.4 Å². The average molecular weight is 413 g/mol. The molecular weight excluding hydrogens is 384 g/mol. The van der Waals surface area contributed by atoms with E-state index in [9.17, 15) is 9.59 Å². The summed E-state index contributed by atoms with van der Waals surface area (Å²) < 4.78 is 6.00. The molecule has 3 rings (SSSR count). The molecule has 0 saturated heterocycles. The number of carbonyl (C=O) groups excluding carboxylic acids is 2. The molecular formula is C23H28N2O3S. The van der Waals surface area contributed by atoms with Crippen LogP contribution in [0.3, 0.4) is 0 Å². The van der Waals surface area contributed by atoms with Crippen molar-refractivity contribution in [3.05, 3.63) is 48.0 Å². The monoisotopic (exact) mass is 412 g/mol. The first-order valence-electron chi connectivity index (χ1n) is 9.86. The second-order valence-electron chi connectivity index (χ2n) is 7.66. The Morgan fingerprint density at radius 2 is 1.83 bits per heavy atom. The minimum Gasteiger partial charge on any atom is -0.488 e. The molecule has 2 amide bonds. The fraction of sp³-hybridized carbons (Fsp3) is 0.391. The van der Waals surface area contributed by atoms with Crippen molar-refractivity contribution in [3.63, 3.8) is 0 Å². The fourth-order valence-corrected chi connectivity index (χ4v) is 3.88. The molecule has 29 heavy (non-hydrogen) atoms. The van der Waals surface area contributed by atoms with Gasteiger partial charge in [0, 0.05) is 18.2 Å². The quantitative estimate of drug-likeness (QED) is 0.681. The third-order valence-electron chi connectivity index (χ3n) is 5.04. The van der Waals surface area contributed by atoms with Crippen molar-refractivity contribution in [2.45, 2.75) is 44.2 Å². The highest BCUT2D eigenvalue weighted by molar-refractivity contribution is 7.98. The van der Waals surface area contributed by atoms with E-state index in [2.05, 4.69) is 53.3 Å². The van der Waals surface area contributed by atoms with Gasteiger partial charge in [0.25, 0.3) is 0 Å². The number of benzene rings is 2. The summed E-state index contributed by atoms with van der Waals surface area (Å²) in [5, 5.41) is 5.64. The Morgan fingerprint density at radius 1 is 1.14 bits per heavy atom. The van der Waals surface area contributed by atoms with E-state index in [1.165, 1.54) is 17.4 Å². The van der Waals surface area contributed by atoms with Gasteiger partial charge < -0.3 is 15.4 Å². The molecule has 2 atom stereocenters. The molecule has 0 bridgehead atoms. The van der Waals surface area contributed by atoms with E-state index >= 15 is 0 Å². The standard InChI is InChI=1S/C23H28N2O3S/c1-14(2)22(25-15(3)26)23(27)24-13-19-12-18-11-17(7-10-21(18)28-19)16-5-8-20(29-4)9-6-16/h5-11,14,19,22H,12-13H2,1-4H3,(H,24,27)(H,25,26). The second kappa shape index (κ2) is 9.35. The summed E-state index contributed by atoms with van der Waals surface area (Å²) in [6.45, 7) is 5.66. The van der Waals surface area contributed by atoms with Crippen LogP contribution in [0.1, 0.15) is 26.3 Å². The van der Waals surface area contributed by atoms with Crippen LogP contribution in [-0.2, 0) is 16.0 Å². The molecule has 0 fully saturated rings.